The predicted molar refractivity (Wildman–Crippen MR) is 49.6 cm³/mol. The third-order valence-electron chi connectivity index (χ3n) is 2.08. The molecule has 14 heavy (non-hydrogen) atoms. The van der Waals surface area contributed by atoms with E-state index in [-0.39, 0.29) is 12.4 Å². The van der Waals surface area contributed by atoms with Crippen LogP contribution in [0.1, 0.15) is 13.8 Å². The summed E-state index contributed by atoms with van der Waals surface area (Å²) in [7, 11) is 0. The molecule has 0 unspecified atom stereocenters. The Labute approximate surface area is 81.9 Å². The molecule has 1 atom stereocenters. The quantitative estimate of drug-likeness (QED) is 0.531. The molecule has 1 N–H and O–H groups in total. The van der Waals surface area contributed by atoms with Crippen molar-refractivity contribution in [3.05, 3.63) is 24.0 Å². The van der Waals surface area contributed by atoms with Crippen molar-refractivity contribution in [3.63, 3.8) is 0 Å². The summed E-state index contributed by atoms with van der Waals surface area (Å²) in [5.41, 5.74) is -1.29. The summed E-state index contributed by atoms with van der Waals surface area (Å²) >= 11 is 0. The van der Waals surface area contributed by atoms with Crippen molar-refractivity contribution in [3.8, 4) is 0 Å². The zero-order valence-corrected chi connectivity index (χ0v) is 8.11. The zero-order valence-electron chi connectivity index (χ0n) is 8.11. The lowest BCUT2D eigenvalue weighted by Crippen LogP contribution is -2.36. The third-order valence-corrected chi connectivity index (χ3v) is 2.08. The van der Waals surface area contributed by atoms with Gasteiger partial charge in [-0.2, -0.15) is 0 Å². The van der Waals surface area contributed by atoms with E-state index in [9.17, 15) is 9.59 Å². The largest absolute Gasteiger partial charge is 0.508 e. The van der Waals surface area contributed by atoms with Crippen LogP contribution in [0.5, 0.6) is 0 Å². The molecule has 0 aromatic rings. The van der Waals surface area contributed by atoms with Crippen molar-refractivity contribution in [1.29, 1.82) is 0 Å². The Morgan fingerprint density at radius 2 is 2.29 bits per heavy atom. The molecule has 0 bridgehead atoms. The van der Waals surface area contributed by atoms with Crippen molar-refractivity contribution >= 4 is 11.8 Å². The van der Waals surface area contributed by atoms with Gasteiger partial charge in [0.15, 0.2) is 5.78 Å². The van der Waals surface area contributed by atoms with E-state index < -0.39 is 17.2 Å². The van der Waals surface area contributed by atoms with Gasteiger partial charge >= 0.3 is 5.97 Å². The van der Waals surface area contributed by atoms with Crippen LogP contribution in [0.25, 0.3) is 0 Å². The third kappa shape index (κ3) is 1.69. The van der Waals surface area contributed by atoms with Crippen LogP contribution in [-0.2, 0) is 14.3 Å². The highest BCUT2D eigenvalue weighted by Crippen LogP contribution is 2.27. The first-order chi connectivity index (χ1) is 6.50. The summed E-state index contributed by atoms with van der Waals surface area (Å²) < 4.78 is 4.77. The second-order valence-corrected chi connectivity index (χ2v) is 3.19. The number of ether oxygens (including phenoxy) is 1. The maximum absolute atomic E-state index is 11.5. The van der Waals surface area contributed by atoms with Gasteiger partial charge in [0.2, 0.25) is 0 Å². The van der Waals surface area contributed by atoms with Crippen molar-refractivity contribution in [2.45, 2.75) is 13.8 Å². The number of carbonyl (C=O) groups is 2. The SMILES string of the molecule is CCOC(=O)[C@]1(C)C=CC(O)=CC1=O. The van der Waals surface area contributed by atoms with Crippen LogP contribution >= 0.6 is 0 Å². The van der Waals surface area contributed by atoms with Gasteiger partial charge in [-0.1, -0.05) is 6.08 Å². The van der Waals surface area contributed by atoms with Crippen molar-refractivity contribution in [1.82, 2.24) is 0 Å². The summed E-state index contributed by atoms with van der Waals surface area (Å²) in [6, 6.07) is 0. The number of hydrogen-bond acceptors (Lipinski definition) is 4. The Morgan fingerprint density at radius 1 is 1.64 bits per heavy atom. The van der Waals surface area contributed by atoms with Gasteiger partial charge < -0.3 is 9.84 Å². The van der Waals surface area contributed by atoms with E-state index in [2.05, 4.69) is 0 Å². The standard InChI is InChI=1S/C10H12O4/c1-3-14-9(13)10(2)5-4-7(11)6-8(10)12/h4-6,11H,3H2,1-2H3/t10-/m1/s1. The molecule has 0 spiro atoms. The van der Waals surface area contributed by atoms with Gasteiger partial charge in [-0.3, -0.25) is 9.59 Å². The van der Waals surface area contributed by atoms with E-state index in [1.807, 2.05) is 0 Å². The number of esters is 1. The first-order valence-electron chi connectivity index (χ1n) is 4.32. The topological polar surface area (TPSA) is 63.6 Å². The minimum atomic E-state index is -1.29. The lowest BCUT2D eigenvalue weighted by molar-refractivity contribution is -0.154. The fourth-order valence-electron chi connectivity index (χ4n) is 1.12. The number of rotatable bonds is 2. The van der Waals surface area contributed by atoms with Gasteiger partial charge in [0.05, 0.1) is 6.61 Å². The molecule has 0 saturated carbocycles. The molecule has 0 aromatic carbocycles. The Kier molecular flexibility index (Phi) is 2.74. The first kappa shape index (κ1) is 10.5. The average molecular weight is 196 g/mol. The number of aliphatic hydroxyl groups is 1. The number of ketones is 1. The highest BCUT2D eigenvalue weighted by atomic mass is 16.5. The molecule has 1 aliphatic carbocycles. The number of carbonyl (C=O) groups excluding carboxylic acids is 2. The van der Waals surface area contributed by atoms with Crippen LogP contribution < -0.4 is 0 Å². The Hall–Kier alpha value is -1.58. The Balaban J connectivity index is 2.92. The van der Waals surface area contributed by atoms with Gasteiger partial charge in [0, 0.05) is 6.08 Å². The van der Waals surface area contributed by atoms with Crippen LogP contribution in [-0.4, -0.2) is 23.5 Å². The molecular weight excluding hydrogens is 184 g/mol. The maximum atomic E-state index is 11.5. The van der Waals surface area contributed by atoms with E-state index >= 15 is 0 Å². The minimum Gasteiger partial charge on any atom is -0.508 e. The predicted octanol–water partition coefficient (Wildman–Crippen LogP) is 1.14. The summed E-state index contributed by atoms with van der Waals surface area (Å²) in [6.45, 7) is 3.36. The molecule has 0 aliphatic heterocycles. The summed E-state index contributed by atoms with van der Waals surface area (Å²) in [6.07, 6.45) is 3.69. The lowest BCUT2D eigenvalue weighted by Gasteiger charge is -2.22. The van der Waals surface area contributed by atoms with Crippen LogP contribution in [0.15, 0.2) is 24.0 Å². The van der Waals surface area contributed by atoms with Gasteiger partial charge in [0.25, 0.3) is 0 Å². The smallest absolute Gasteiger partial charge is 0.323 e. The van der Waals surface area contributed by atoms with E-state index in [0.29, 0.717) is 0 Å². The Morgan fingerprint density at radius 3 is 2.79 bits per heavy atom. The maximum Gasteiger partial charge on any atom is 0.323 e. The van der Waals surface area contributed by atoms with Crippen molar-refractivity contribution in [2.24, 2.45) is 5.41 Å². The van der Waals surface area contributed by atoms with Gasteiger partial charge in [-0.25, -0.2) is 0 Å². The second kappa shape index (κ2) is 3.65. The number of aliphatic hydroxyl groups excluding tert-OH is 1. The fourth-order valence-corrected chi connectivity index (χ4v) is 1.12. The molecule has 0 aromatic heterocycles. The first-order valence-corrected chi connectivity index (χ1v) is 4.32. The molecule has 0 fully saturated rings. The molecule has 4 heteroatoms. The van der Waals surface area contributed by atoms with Gasteiger partial charge in [-0.05, 0) is 19.9 Å². The molecule has 0 amide bonds. The van der Waals surface area contributed by atoms with Crippen LogP contribution in [0.2, 0.25) is 0 Å². The van der Waals surface area contributed by atoms with E-state index in [1.54, 1.807) is 6.92 Å². The molecule has 0 radical (unpaired) electrons. The second-order valence-electron chi connectivity index (χ2n) is 3.19. The van der Waals surface area contributed by atoms with Gasteiger partial charge in [-0.15, -0.1) is 0 Å². The molecule has 0 heterocycles. The van der Waals surface area contributed by atoms with Crippen LogP contribution in [0.3, 0.4) is 0 Å². The van der Waals surface area contributed by atoms with E-state index in [1.165, 1.54) is 19.1 Å². The molecule has 1 aliphatic rings. The highest BCUT2D eigenvalue weighted by molar-refractivity contribution is 6.11. The van der Waals surface area contributed by atoms with Crippen molar-refractivity contribution in [2.75, 3.05) is 6.61 Å². The van der Waals surface area contributed by atoms with Crippen LogP contribution in [0.4, 0.5) is 0 Å². The van der Waals surface area contributed by atoms with E-state index in [4.69, 9.17) is 9.84 Å². The molecule has 4 nitrogen and oxygen atoms in total. The average Bonchev–Trinajstić information content (AvgIpc) is 2.12. The monoisotopic (exact) mass is 196 g/mol. The van der Waals surface area contributed by atoms with Crippen LogP contribution in [0, 0.1) is 5.41 Å². The summed E-state index contributed by atoms with van der Waals surface area (Å²) in [5, 5.41) is 9.02. The number of allylic oxidation sites excluding steroid dienone is 2. The molecule has 76 valence electrons. The molecular formula is C10H12O4. The lowest BCUT2D eigenvalue weighted by atomic mass is 9.82. The minimum absolute atomic E-state index is 0.142. The Bertz CT molecular complexity index is 327. The van der Waals surface area contributed by atoms with E-state index in [0.717, 1.165) is 6.08 Å². The normalized spacial score (nSPS) is 25.9. The number of hydrogen-bond donors (Lipinski definition) is 1. The zero-order chi connectivity index (χ0) is 10.8. The highest BCUT2D eigenvalue weighted by Gasteiger charge is 2.40. The summed E-state index contributed by atoms with van der Waals surface area (Å²) in [4.78, 5) is 22.9. The van der Waals surface area contributed by atoms with Gasteiger partial charge in [0.1, 0.15) is 11.2 Å². The molecule has 0 saturated heterocycles. The summed E-state index contributed by atoms with van der Waals surface area (Å²) in [5.74, 6) is -1.20. The molecule has 1 rings (SSSR count). The fraction of sp³-hybridized carbons (Fsp3) is 0.400. The van der Waals surface area contributed by atoms with Crippen molar-refractivity contribution < 1.29 is 19.4 Å².